The number of rotatable bonds is 13. The number of aromatic carboxylic acids is 1. The molecule has 54 heavy (non-hydrogen) atoms. The van der Waals surface area contributed by atoms with Gasteiger partial charge in [0.1, 0.15) is 17.3 Å². The number of carboxylic acid groups (broad SMARTS) is 1. The molecule has 4 aromatic rings. The molecule has 0 saturated carbocycles. The van der Waals surface area contributed by atoms with Gasteiger partial charge in [-0.15, -0.1) is 10.2 Å². The van der Waals surface area contributed by atoms with Crippen molar-refractivity contribution in [1.82, 2.24) is 9.78 Å². The molecule has 0 atom stereocenters. The van der Waals surface area contributed by atoms with Gasteiger partial charge in [0.2, 0.25) is 5.91 Å². The van der Waals surface area contributed by atoms with E-state index >= 15 is 0 Å². The molecule has 1 aromatic heterocycles. The van der Waals surface area contributed by atoms with Crippen LogP contribution in [0.25, 0.3) is 5.69 Å². The Balaban J connectivity index is 0.00000504. The summed E-state index contributed by atoms with van der Waals surface area (Å²) >= 11 is 6.71. The Kier molecular flexibility index (Phi) is 17.1. The first kappa shape index (κ1) is 46.5. The van der Waals surface area contributed by atoms with Gasteiger partial charge in [-0.05, 0) is 55.8 Å². The quantitative estimate of drug-likeness (QED) is 0.0999. The van der Waals surface area contributed by atoms with Gasteiger partial charge in [0.25, 0.3) is 5.91 Å². The summed E-state index contributed by atoms with van der Waals surface area (Å²) in [5, 5.41) is 40.7. The minimum atomic E-state index is -4.37. The Morgan fingerprint density at radius 3 is 2.24 bits per heavy atom. The third-order valence-electron chi connectivity index (χ3n) is 7.62. The average molecular weight is 793 g/mol. The second-order valence-corrected chi connectivity index (χ2v) is 14.5. The van der Waals surface area contributed by atoms with Crippen LogP contribution >= 0.6 is 11.6 Å². The maximum atomic E-state index is 12.9. The summed E-state index contributed by atoms with van der Waals surface area (Å²) in [7, 11) is -4.37. The number of hydrogen-bond donors (Lipinski definition) is 2. The van der Waals surface area contributed by atoms with Gasteiger partial charge >= 0.3 is 59.1 Å². The third kappa shape index (κ3) is 11.9. The zero-order chi connectivity index (χ0) is 38.4. The third-order valence-corrected chi connectivity index (χ3v) is 8.71. The van der Waals surface area contributed by atoms with Gasteiger partial charge in [-0.3, -0.25) is 9.59 Å². The number of hydrogen-bond acceptors (Lipinski definition) is 12. The normalized spacial score (nSPS) is 11.2. The van der Waals surface area contributed by atoms with E-state index in [2.05, 4.69) is 32.0 Å². The van der Waals surface area contributed by atoms with Crippen LogP contribution in [0, 0.1) is 11.3 Å². The smallest absolute Gasteiger partial charge is 0.748 e. The van der Waals surface area contributed by atoms with Gasteiger partial charge in [0.05, 0.1) is 38.2 Å². The van der Waals surface area contributed by atoms with Gasteiger partial charge < -0.3 is 30.0 Å². The predicted octanol–water partition coefficient (Wildman–Crippen LogP) is -0.546. The molecule has 0 saturated heterocycles. The molecule has 0 spiro atoms. The van der Waals surface area contributed by atoms with Crippen LogP contribution in [-0.2, 0) is 20.3 Å². The first-order valence-electron chi connectivity index (χ1n) is 15.9. The zero-order valence-corrected chi connectivity index (χ0v) is 36.5. The zero-order valence-electron chi connectivity index (χ0n) is 30.9. The van der Waals surface area contributed by atoms with Crippen molar-refractivity contribution < 1.29 is 91.6 Å². The monoisotopic (exact) mass is 792 g/mol. The number of halogens is 1. The van der Waals surface area contributed by atoms with Crippen LogP contribution in [0.4, 0.5) is 28.6 Å². The molecule has 3 aromatic carbocycles. The molecule has 0 aliphatic carbocycles. The van der Waals surface area contributed by atoms with Crippen LogP contribution in [0.2, 0.25) is 5.02 Å². The van der Waals surface area contributed by atoms with Crippen LogP contribution < -0.4 is 79.8 Å². The van der Waals surface area contributed by atoms with Crippen molar-refractivity contribution in [3.05, 3.63) is 88.1 Å². The first-order valence-corrected chi connectivity index (χ1v) is 17.9. The van der Waals surface area contributed by atoms with Crippen molar-refractivity contribution in [3.8, 4) is 11.8 Å². The van der Waals surface area contributed by atoms with Crippen LogP contribution in [0.15, 0.2) is 70.9 Å². The summed E-state index contributed by atoms with van der Waals surface area (Å²) in [5.41, 5.74) is 1.18. The van der Waals surface area contributed by atoms with Crippen molar-refractivity contribution in [2.24, 2.45) is 10.2 Å². The molecular weight excluding hydrogens is 758 g/mol. The average Bonchev–Trinajstić information content (AvgIpc) is 3.44. The molecule has 15 nitrogen and oxygen atoms in total. The van der Waals surface area contributed by atoms with Crippen LogP contribution in [0.3, 0.4) is 0 Å². The summed E-state index contributed by atoms with van der Waals surface area (Å²) in [5.74, 6) is -3.08. The fraction of sp³-hybridized carbons (Fsp3) is 0.286. The van der Waals surface area contributed by atoms with E-state index in [4.69, 9.17) is 11.6 Å². The van der Waals surface area contributed by atoms with Crippen molar-refractivity contribution in [1.29, 1.82) is 5.26 Å². The van der Waals surface area contributed by atoms with Crippen molar-refractivity contribution >= 4 is 68.1 Å². The van der Waals surface area contributed by atoms with Crippen molar-refractivity contribution in [3.63, 3.8) is 0 Å². The van der Waals surface area contributed by atoms with Crippen molar-refractivity contribution in [2.75, 3.05) is 34.4 Å². The Bertz CT molecular complexity index is 2220. The van der Waals surface area contributed by atoms with E-state index < -0.39 is 39.1 Å². The van der Waals surface area contributed by atoms with Gasteiger partial charge in [-0.2, -0.15) is 10.4 Å². The molecule has 2 amide bonds. The van der Waals surface area contributed by atoms with E-state index in [0.29, 0.717) is 17.9 Å². The molecule has 272 valence electrons. The minimum absolute atomic E-state index is 0. The second-order valence-electron chi connectivity index (χ2n) is 12.6. The second kappa shape index (κ2) is 19.8. The Morgan fingerprint density at radius 2 is 1.69 bits per heavy atom. The SMILES string of the molecule is CCN(CCCS(=O)(=O)[O-])c1ccc(N=Nc2c(C#N)c(C(C)(C)C)nn2-c2ccc(NC(=O)c3ccccc3C(=O)[O-])cc2Cl)c(NC(C)=O)c1.[Na+].[Na+]. The summed E-state index contributed by atoms with van der Waals surface area (Å²) in [6, 6.07) is 17.2. The minimum Gasteiger partial charge on any atom is -0.748 e. The number of nitrogens with one attached hydrogen (secondary N) is 2. The molecule has 0 fully saturated rings. The molecule has 1 heterocycles. The Hall–Kier alpha value is -3.63. The first-order chi connectivity index (χ1) is 24.4. The van der Waals surface area contributed by atoms with E-state index in [9.17, 15) is 37.7 Å². The Morgan fingerprint density at radius 1 is 1.02 bits per heavy atom. The molecule has 4 rings (SSSR count). The Labute approximate surface area is 362 Å². The number of amides is 2. The summed E-state index contributed by atoms with van der Waals surface area (Å²) in [6.07, 6.45) is 0.111. The number of carbonyl (C=O) groups is 3. The van der Waals surface area contributed by atoms with E-state index in [-0.39, 0.29) is 122 Å². The number of carbonyl (C=O) groups excluding carboxylic acids is 3. The molecule has 0 radical (unpaired) electrons. The van der Waals surface area contributed by atoms with E-state index in [0.717, 1.165) is 0 Å². The van der Waals surface area contributed by atoms with E-state index in [1.807, 2.05) is 32.6 Å². The number of aromatic nitrogens is 2. The van der Waals surface area contributed by atoms with Gasteiger partial charge in [0.15, 0.2) is 5.82 Å². The summed E-state index contributed by atoms with van der Waals surface area (Å²) in [6.45, 7) is 9.53. The number of nitrogens with zero attached hydrogens (tertiary/aromatic N) is 6. The predicted molar refractivity (Wildman–Crippen MR) is 193 cm³/mol. The molecular formula is C35H35ClN8Na2O7S. The number of anilines is 3. The number of azo groups is 1. The van der Waals surface area contributed by atoms with Crippen LogP contribution in [0.5, 0.6) is 0 Å². The standard InChI is InChI=1S/C35H37ClN8O7S.2Na/c1-6-43(16-9-17-52(49,50)51)23-13-14-28(29(19-23)38-21(2)45)40-41-32-26(20-37)31(35(3,4)5)42-44(32)30-15-12-22(18-27(30)36)39-33(46)24-10-7-8-11-25(24)34(47)48;;/h7-8,10-15,18-19H,6,9,16-17H2,1-5H3,(H,38,45)(H,39,46)(H,47,48)(H,49,50,51);;/q;2*+1/p-2. The topological polar surface area (TPSA) is 225 Å². The fourth-order valence-corrected chi connectivity index (χ4v) is 5.96. The molecule has 0 aliphatic heterocycles. The van der Waals surface area contributed by atoms with E-state index in [1.54, 1.807) is 18.2 Å². The maximum Gasteiger partial charge on any atom is 1.00 e. The largest absolute Gasteiger partial charge is 1.00 e. The molecule has 19 heteroatoms. The van der Waals surface area contributed by atoms with Crippen LogP contribution in [0.1, 0.15) is 73.0 Å². The van der Waals surface area contributed by atoms with Crippen molar-refractivity contribution in [2.45, 2.75) is 46.5 Å². The van der Waals surface area contributed by atoms with Gasteiger partial charge in [-0.1, -0.05) is 50.6 Å². The maximum absolute atomic E-state index is 12.9. The van der Waals surface area contributed by atoms with Gasteiger partial charge in [-0.25, -0.2) is 13.1 Å². The van der Waals surface area contributed by atoms with E-state index in [1.165, 1.54) is 54.1 Å². The number of nitriles is 1. The number of carboxylic acids is 1. The summed E-state index contributed by atoms with van der Waals surface area (Å²) in [4.78, 5) is 38.4. The van der Waals surface area contributed by atoms with Crippen LogP contribution in [-0.4, -0.2) is 59.4 Å². The summed E-state index contributed by atoms with van der Waals surface area (Å²) < 4.78 is 34.6. The molecule has 0 unspecified atom stereocenters. The fourth-order valence-electron chi connectivity index (χ4n) is 5.21. The van der Waals surface area contributed by atoms with Gasteiger partial charge in [0, 0.05) is 53.7 Å². The molecule has 0 bridgehead atoms. The molecule has 2 N–H and O–H groups in total. The molecule has 0 aliphatic rings. The number of benzene rings is 3.